The summed E-state index contributed by atoms with van der Waals surface area (Å²) < 4.78 is 16.8. The molecule has 25 heavy (non-hydrogen) atoms. The van der Waals surface area contributed by atoms with Crippen molar-refractivity contribution < 1.29 is 28.2 Å². The molecule has 0 spiro atoms. The number of Topliss-reactive ketones (excluding diaryl/α,β-unsaturated/α-hetero) is 1. The van der Waals surface area contributed by atoms with Crippen molar-refractivity contribution >= 4 is 28.4 Å². The number of ketones is 1. The van der Waals surface area contributed by atoms with E-state index in [9.17, 15) is 14.7 Å². The summed E-state index contributed by atoms with van der Waals surface area (Å²) in [7, 11) is -0.508. The molecule has 1 N–H and O–H groups in total. The molecule has 0 aromatic heterocycles. The first-order valence-corrected chi connectivity index (χ1v) is 12.3. The van der Waals surface area contributed by atoms with Crippen LogP contribution in [0.25, 0.3) is 0 Å². The van der Waals surface area contributed by atoms with Crippen molar-refractivity contribution in [3.8, 4) is 0 Å². The smallest absolute Gasteiger partial charge is 0.305 e. The normalized spacial score (nSPS) is 13.9. The summed E-state index contributed by atoms with van der Waals surface area (Å²) in [6, 6.07) is 0. The Morgan fingerprint density at radius 2 is 1.36 bits per heavy atom. The highest BCUT2D eigenvalue weighted by molar-refractivity contribution is 7.48. The molecular formula is C17H35O6PSi. The number of hydrogen-bond acceptors (Lipinski definition) is 5. The van der Waals surface area contributed by atoms with Crippen molar-refractivity contribution in [1.82, 2.24) is 0 Å². The van der Waals surface area contributed by atoms with Crippen LogP contribution in [-0.4, -0.2) is 51.7 Å². The van der Waals surface area contributed by atoms with Crippen molar-refractivity contribution in [3.63, 3.8) is 0 Å². The summed E-state index contributed by atoms with van der Waals surface area (Å²) in [5, 5.41) is 9.26. The van der Waals surface area contributed by atoms with Crippen LogP contribution >= 0.6 is 8.38 Å². The molecule has 0 bridgehead atoms. The van der Waals surface area contributed by atoms with Gasteiger partial charge in [0.15, 0.2) is 8.38 Å². The van der Waals surface area contributed by atoms with Gasteiger partial charge in [-0.1, -0.05) is 41.5 Å². The number of carboxylic acid groups (broad SMARTS) is 1. The van der Waals surface area contributed by atoms with Gasteiger partial charge in [-0.15, -0.1) is 0 Å². The van der Waals surface area contributed by atoms with Gasteiger partial charge in [0.05, 0.1) is 18.7 Å². The molecule has 0 unspecified atom stereocenters. The maximum atomic E-state index is 12.4. The van der Waals surface area contributed by atoms with E-state index in [4.69, 9.17) is 13.5 Å². The molecule has 148 valence electrons. The summed E-state index contributed by atoms with van der Waals surface area (Å²) in [6.45, 7) is 12.8. The van der Waals surface area contributed by atoms with E-state index in [1.165, 1.54) is 14.2 Å². The van der Waals surface area contributed by atoms with Crippen LogP contribution in [-0.2, 0) is 23.1 Å². The monoisotopic (exact) mass is 394 g/mol. The van der Waals surface area contributed by atoms with Gasteiger partial charge in [-0.25, -0.2) is 0 Å². The van der Waals surface area contributed by atoms with Gasteiger partial charge in [0.1, 0.15) is 5.78 Å². The van der Waals surface area contributed by atoms with Gasteiger partial charge < -0.3 is 18.6 Å². The molecular weight excluding hydrogens is 359 g/mol. The number of carbonyl (C=O) groups is 2. The Kier molecular flexibility index (Phi) is 11.2. The van der Waals surface area contributed by atoms with Gasteiger partial charge in [0.2, 0.25) is 8.32 Å². The molecule has 8 heteroatoms. The largest absolute Gasteiger partial charge is 0.481 e. The minimum atomic E-state index is -2.25. The fourth-order valence-electron chi connectivity index (χ4n) is 3.71. The van der Waals surface area contributed by atoms with Crippen LogP contribution in [0.1, 0.15) is 54.4 Å². The van der Waals surface area contributed by atoms with Gasteiger partial charge in [0.25, 0.3) is 0 Å². The van der Waals surface area contributed by atoms with Crippen LogP contribution < -0.4 is 0 Å². The van der Waals surface area contributed by atoms with Gasteiger partial charge in [0, 0.05) is 20.6 Å². The van der Waals surface area contributed by atoms with Crippen molar-refractivity contribution in [3.05, 3.63) is 0 Å². The average Bonchev–Trinajstić information content (AvgIpc) is 2.48. The Morgan fingerprint density at radius 1 is 0.920 bits per heavy atom. The first-order chi connectivity index (χ1) is 11.5. The number of carbonyl (C=O) groups excluding carboxylic acids is 1. The maximum absolute atomic E-state index is 12.4. The molecule has 0 rings (SSSR count). The quantitative estimate of drug-likeness (QED) is 0.363. The van der Waals surface area contributed by atoms with Crippen molar-refractivity contribution in [2.75, 3.05) is 20.4 Å². The second-order valence-corrected chi connectivity index (χ2v) is 14.4. The first-order valence-electron chi connectivity index (χ1n) is 8.78. The molecule has 0 aliphatic rings. The first kappa shape index (κ1) is 24.7. The third-order valence-corrected chi connectivity index (χ3v) is 12.2. The second-order valence-electron chi connectivity index (χ2n) is 7.25. The highest BCUT2D eigenvalue weighted by Crippen LogP contribution is 2.44. The van der Waals surface area contributed by atoms with Crippen LogP contribution in [0.2, 0.25) is 16.6 Å². The standard InChI is InChI=1S/C17H35O6PSi/c1-12(2)25(13(3)4,14(5)6)23-16(10-17(19)20)9-15(18)11-24(21-7)22-8/h12-14,16H,9-11H2,1-8H3,(H,19,20)/t16-/m1/s1. The van der Waals surface area contributed by atoms with Crippen LogP contribution in [0, 0.1) is 0 Å². The summed E-state index contributed by atoms with van der Waals surface area (Å²) >= 11 is 0. The van der Waals surface area contributed by atoms with Gasteiger partial charge in [-0.3, -0.25) is 9.59 Å². The molecule has 1 atom stereocenters. The van der Waals surface area contributed by atoms with Gasteiger partial charge in [-0.05, 0) is 16.6 Å². The topological polar surface area (TPSA) is 82.1 Å². The van der Waals surface area contributed by atoms with E-state index in [-0.39, 0.29) is 24.8 Å². The lowest BCUT2D eigenvalue weighted by molar-refractivity contribution is -0.139. The molecule has 0 saturated carbocycles. The Hall–Kier alpha value is -0.333. The predicted octanol–water partition coefficient (Wildman–Crippen LogP) is 4.59. The fourth-order valence-corrected chi connectivity index (χ4v) is 10.1. The van der Waals surface area contributed by atoms with Crippen molar-refractivity contribution in [1.29, 1.82) is 0 Å². The number of hydrogen-bond donors (Lipinski definition) is 1. The molecule has 0 aromatic rings. The molecule has 0 aliphatic carbocycles. The molecule has 0 fully saturated rings. The zero-order valence-electron chi connectivity index (χ0n) is 16.9. The number of rotatable bonds is 13. The predicted molar refractivity (Wildman–Crippen MR) is 104 cm³/mol. The van der Waals surface area contributed by atoms with Crippen LogP contribution in [0.15, 0.2) is 0 Å². The summed E-state index contributed by atoms with van der Waals surface area (Å²) in [6.07, 6.45) is -0.528. The van der Waals surface area contributed by atoms with Gasteiger partial charge >= 0.3 is 5.97 Å². The molecule has 0 radical (unpaired) electrons. The summed E-state index contributed by atoms with van der Waals surface area (Å²) in [5.41, 5.74) is 0.983. The van der Waals surface area contributed by atoms with Crippen molar-refractivity contribution in [2.24, 2.45) is 0 Å². The van der Waals surface area contributed by atoms with E-state index in [2.05, 4.69) is 41.5 Å². The zero-order valence-corrected chi connectivity index (χ0v) is 18.8. The number of carboxylic acids is 1. The van der Waals surface area contributed by atoms with Crippen LogP contribution in [0.4, 0.5) is 0 Å². The van der Waals surface area contributed by atoms with Crippen LogP contribution in [0.5, 0.6) is 0 Å². The SMILES string of the molecule is COP(CC(=O)C[C@H](CC(=O)O)O[Si](C(C)C)(C(C)C)C(C)C)OC. The zero-order chi connectivity index (χ0) is 19.8. The molecule has 0 amide bonds. The Morgan fingerprint density at radius 3 is 1.68 bits per heavy atom. The Bertz CT molecular complexity index is 402. The lowest BCUT2D eigenvalue weighted by Gasteiger charge is -2.44. The summed E-state index contributed by atoms with van der Waals surface area (Å²) in [5.74, 6) is -1.03. The van der Waals surface area contributed by atoms with E-state index in [0.717, 1.165) is 0 Å². The minimum absolute atomic E-state index is 0.0821. The maximum Gasteiger partial charge on any atom is 0.305 e. The Balaban J connectivity index is 5.37. The van der Waals surface area contributed by atoms with E-state index >= 15 is 0 Å². The average molecular weight is 395 g/mol. The molecule has 6 nitrogen and oxygen atoms in total. The third-order valence-electron chi connectivity index (χ3n) is 4.65. The van der Waals surface area contributed by atoms with E-state index in [1.54, 1.807) is 0 Å². The van der Waals surface area contributed by atoms with Crippen molar-refractivity contribution in [2.45, 2.75) is 77.1 Å². The highest BCUT2D eigenvalue weighted by Gasteiger charge is 2.47. The lowest BCUT2D eigenvalue weighted by Crippen LogP contribution is -2.50. The van der Waals surface area contributed by atoms with E-state index in [1.807, 2.05) is 0 Å². The highest BCUT2D eigenvalue weighted by atomic mass is 31.2. The number of aliphatic carboxylic acids is 1. The Labute approximate surface area is 154 Å². The summed E-state index contributed by atoms with van der Waals surface area (Å²) in [4.78, 5) is 23.7. The lowest BCUT2D eigenvalue weighted by atomic mass is 10.1. The van der Waals surface area contributed by atoms with Crippen LogP contribution in [0.3, 0.4) is 0 Å². The van der Waals surface area contributed by atoms with Gasteiger partial charge in [-0.2, -0.15) is 0 Å². The fraction of sp³-hybridized carbons (Fsp3) is 0.882. The molecule has 0 aliphatic heterocycles. The second kappa shape index (κ2) is 11.4. The molecule has 0 saturated heterocycles. The third kappa shape index (κ3) is 7.43. The minimum Gasteiger partial charge on any atom is -0.481 e. The molecule has 0 aromatic carbocycles. The van der Waals surface area contributed by atoms with E-state index in [0.29, 0.717) is 16.6 Å². The van der Waals surface area contributed by atoms with E-state index < -0.39 is 28.8 Å². The molecule has 0 heterocycles.